The van der Waals surface area contributed by atoms with E-state index >= 15 is 0 Å². The Morgan fingerprint density at radius 1 is 0.500 bits per heavy atom. The Labute approximate surface area is 336 Å². The molecule has 0 bridgehead atoms. The molecular weight excluding hydrogens is 725 g/mol. The maximum Gasteiger partial charge on any atom is 0.120 e. The molecule has 5 heteroatoms. The van der Waals surface area contributed by atoms with Crippen LogP contribution in [0.1, 0.15) is 24.3 Å². The van der Waals surface area contributed by atoms with E-state index in [-0.39, 0.29) is 12.0 Å². The Balaban J connectivity index is 1.17. The number of aliphatic imine (C=N–C) groups is 1. The number of benzene rings is 8. The average Bonchev–Trinajstić information content (AvgIpc) is 4.07. The first-order chi connectivity index (χ1) is 28.8. The van der Waals surface area contributed by atoms with Gasteiger partial charge in [0.05, 0.1) is 44.2 Å². The van der Waals surface area contributed by atoms with Crippen molar-refractivity contribution in [2.75, 3.05) is 0 Å². The molecule has 5 aromatic heterocycles. The van der Waals surface area contributed by atoms with Crippen molar-refractivity contribution >= 4 is 125 Å². The van der Waals surface area contributed by atoms with Gasteiger partial charge in [0.25, 0.3) is 0 Å². The van der Waals surface area contributed by atoms with E-state index < -0.39 is 0 Å². The summed E-state index contributed by atoms with van der Waals surface area (Å²) in [5, 5.41) is 14.1. The molecule has 0 amide bonds. The summed E-state index contributed by atoms with van der Waals surface area (Å²) < 4.78 is 9.06. The van der Waals surface area contributed by atoms with Crippen molar-refractivity contribution in [3.05, 3.63) is 169 Å². The molecule has 14 rings (SSSR count). The predicted octanol–water partition coefficient (Wildman–Crippen LogP) is 14.6. The first-order valence-electron chi connectivity index (χ1n) is 20.4. The summed E-state index contributed by atoms with van der Waals surface area (Å²) in [6, 6.07) is 61.0. The first kappa shape index (κ1) is 31.2. The zero-order valence-corrected chi connectivity index (χ0v) is 32.5. The van der Waals surface area contributed by atoms with Gasteiger partial charge in [-0.3, -0.25) is 4.57 Å². The number of hydrogen-bond acceptors (Lipinski definition) is 2. The molecule has 2 atom stereocenters. The zero-order chi connectivity index (χ0) is 37.8. The molecule has 8 aromatic carbocycles. The minimum Gasteiger partial charge on any atom is -0.331 e. The van der Waals surface area contributed by atoms with Gasteiger partial charge >= 0.3 is 0 Å². The number of thiophene rings is 1. The third-order valence-corrected chi connectivity index (χ3v) is 14.6. The van der Waals surface area contributed by atoms with Crippen molar-refractivity contribution in [1.82, 2.24) is 13.5 Å². The van der Waals surface area contributed by atoms with Crippen LogP contribution >= 0.6 is 11.3 Å². The van der Waals surface area contributed by atoms with Crippen LogP contribution in [0.5, 0.6) is 0 Å². The second kappa shape index (κ2) is 11.1. The van der Waals surface area contributed by atoms with Crippen LogP contribution in [0.15, 0.2) is 169 Å². The molecule has 0 saturated heterocycles. The average molecular weight is 759 g/mol. The fourth-order valence-electron chi connectivity index (χ4n) is 11.1. The number of aromatic nitrogens is 3. The van der Waals surface area contributed by atoms with E-state index in [4.69, 9.17) is 4.99 Å². The minimum absolute atomic E-state index is 0.0406. The molecule has 0 N–H and O–H groups in total. The third-order valence-electron chi connectivity index (χ3n) is 13.4. The Morgan fingerprint density at radius 3 is 1.84 bits per heavy atom. The highest BCUT2D eigenvalue weighted by atomic mass is 32.1. The van der Waals surface area contributed by atoms with E-state index in [1.165, 1.54) is 107 Å². The van der Waals surface area contributed by atoms with Crippen LogP contribution in [0.25, 0.3) is 103 Å². The van der Waals surface area contributed by atoms with Crippen LogP contribution in [-0.2, 0) is 0 Å². The standard InChI is InChI=1S/C53H34N4S/c1-2-31-51(55-40-22-10-5-17-33(40)34-18-6-11-23-41(34)55)52-48(37-21-9-14-26-45(37)58-52)54-53(31)56-43-25-13-8-20-36(43)46-44(56)29-39-35-19-7-12-24-42(35)57-49-32-16-4-3-15-30(32)27-28-38(49)47(46)50(39)57/h3-29,31,51H,2H2,1H3. The molecule has 1 aliphatic heterocycles. The van der Waals surface area contributed by atoms with Crippen LogP contribution in [0.4, 0.5) is 5.69 Å². The van der Waals surface area contributed by atoms with E-state index in [9.17, 15) is 0 Å². The highest BCUT2D eigenvalue weighted by Gasteiger charge is 2.39. The number of rotatable bonds is 2. The van der Waals surface area contributed by atoms with Crippen molar-refractivity contribution in [2.24, 2.45) is 10.9 Å². The summed E-state index contributed by atoms with van der Waals surface area (Å²) in [4.78, 5) is 7.25. The maximum absolute atomic E-state index is 5.90. The predicted molar refractivity (Wildman–Crippen MR) is 247 cm³/mol. The van der Waals surface area contributed by atoms with Gasteiger partial charge < -0.3 is 8.97 Å². The molecule has 0 fully saturated rings. The molecule has 2 unspecified atom stereocenters. The van der Waals surface area contributed by atoms with Gasteiger partial charge in [0.1, 0.15) is 5.84 Å². The zero-order valence-electron chi connectivity index (χ0n) is 31.6. The molecule has 0 spiro atoms. The molecule has 272 valence electrons. The summed E-state index contributed by atoms with van der Waals surface area (Å²) in [7, 11) is 0. The van der Waals surface area contributed by atoms with E-state index in [1.54, 1.807) is 0 Å². The lowest BCUT2D eigenvalue weighted by Gasteiger charge is -2.34. The first-order valence-corrected chi connectivity index (χ1v) is 21.2. The molecule has 6 heterocycles. The third kappa shape index (κ3) is 3.74. The molecule has 0 aliphatic carbocycles. The van der Waals surface area contributed by atoms with Gasteiger partial charge in [0.15, 0.2) is 0 Å². The minimum atomic E-state index is 0.0406. The van der Waals surface area contributed by atoms with E-state index in [0.717, 1.165) is 17.9 Å². The van der Waals surface area contributed by atoms with Crippen molar-refractivity contribution in [1.29, 1.82) is 0 Å². The lowest BCUT2D eigenvalue weighted by atomic mass is 9.89. The molecule has 58 heavy (non-hydrogen) atoms. The lowest BCUT2D eigenvalue weighted by molar-refractivity contribution is 0.473. The second-order valence-corrected chi connectivity index (χ2v) is 17.2. The summed E-state index contributed by atoms with van der Waals surface area (Å²) >= 11 is 1.92. The number of para-hydroxylation sites is 4. The Kier molecular flexibility index (Phi) is 5.98. The van der Waals surface area contributed by atoms with Gasteiger partial charge in [-0.25, -0.2) is 4.99 Å². The van der Waals surface area contributed by atoms with Gasteiger partial charge in [0, 0.05) is 75.5 Å². The van der Waals surface area contributed by atoms with Crippen LogP contribution in [-0.4, -0.2) is 19.4 Å². The van der Waals surface area contributed by atoms with Crippen LogP contribution in [0.2, 0.25) is 0 Å². The Hall–Kier alpha value is -6.95. The van der Waals surface area contributed by atoms with Gasteiger partial charge in [-0.05, 0) is 48.2 Å². The lowest BCUT2D eigenvalue weighted by Crippen LogP contribution is -2.33. The molecule has 0 radical (unpaired) electrons. The van der Waals surface area contributed by atoms with Crippen LogP contribution in [0, 0.1) is 5.92 Å². The summed E-state index contributed by atoms with van der Waals surface area (Å²) in [5.74, 6) is 1.20. The highest BCUT2D eigenvalue weighted by Crippen LogP contribution is 2.53. The van der Waals surface area contributed by atoms with E-state index in [0.29, 0.717) is 0 Å². The Morgan fingerprint density at radius 2 is 1.10 bits per heavy atom. The fraction of sp³-hybridized carbons (Fsp3) is 0.0755. The highest BCUT2D eigenvalue weighted by molar-refractivity contribution is 7.19. The van der Waals surface area contributed by atoms with Crippen molar-refractivity contribution in [3.63, 3.8) is 0 Å². The van der Waals surface area contributed by atoms with E-state index in [2.05, 4.69) is 184 Å². The fourth-order valence-corrected chi connectivity index (χ4v) is 12.4. The molecule has 4 nitrogen and oxygen atoms in total. The molecule has 1 aliphatic rings. The second-order valence-electron chi connectivity index (χ2n) is 16.1. The normalized spacial score (nSPS) is 16.2. The largest absolute Gasteiger partial charge is 0.331 e. The summed E-state index contributed by atoms with van der Waals surface area (Å²) in [6.45, 7) is 2.36. The number of hydrogen-bond donors (Lipinski definition) is 0. The molecule has 13 aromatic rings. The summed E-state index contributed by atoms with van der Waals surface area (Å²) in [6.07, 6.45) is 0.926. The van der Waals surface area contributed by atoms with Gasteiger partial charge in [0.2, 0.25) is 0 Å². The van der Waals surface area contributed by atoms with Crippen molar-refractivity contribution < 1.29 is 0 Å². The van der Waals surface area contributed by atoms with Gasteiger partial charge in [-0.15, -0.1) is 11.3 Å². The van der Waals surface area contributed by atoms with E-state index in [1.807, 2.05) is 11.3 Å². The Bertz CT molecular complexity index is 3870. The monoisotopic (exact) mass is 758 g/mol. The smallest absolute Gasteiger partial charge is 0.120 e. The number of fused-ring (bicyclic) bond motifs is 18. The number of nitrogens with zero attached hydrogens (tertiary/aromatic N) is 4. The topological polar surface area (TPSA) is 26.6 Å². The van der Waals surface area contributed by atoms with Crippen molar-refractivity contribution in [3.8, 4) is 0 Å². The van der Waals surface area contributed by atoms with Gasteiger partial charge in [-0.1, -0.05) is 134 Å². The quantitative estimate of drug-likeness (QED) is 0.168. The maximum atomic E-state index is 5.90. The van der Waals surface area contributed by atoms with Crippen LogP contribution < -0.4 is 0 Å². The summed E-state index contributed by atoms with van der Waals surface area (Å²) in [5.41, 5.74) is 9.90. The van der Waals surface area contributed by atoms with Crippen LogP contribution in [0.3, 0.4) is 0 Å². The van der Waals surface area contributed by atoms with Crippen molar-refractivity contribution in [2.45, 2.75) is 19.4 Å². The molecular formula is C53H34N4S. The SMILES string of the molecule is CCC1C(n2c3ccccc3c3c4c5ccc6ccccc6c5n5c6ccccc6c(cc32)c45)=Nc2c(sc3ccccc23)C1n1c2ccccc2c2ccccc21. The van der Waals surface area contributed by atoms with Gasteiger partial charge in [-0.2, -0.15) is 0 Å². The molecule has 0 saturated carbocycles.